The van der Waals surface area contributed by atoms with E-state index in [-0.39, 0.29) is 18.0 Å². The van der Waals surface area contributed by atoms with Crippen LogP contribution in [-0.2, 0) is 25.4 Å². The van der Waals surface area contributed by atoms with Gasteiger partial charge in [-0.2, -0.15) is 0 Å². The van der Waals surface area contributed by atoms with Gasteiger partial charge in [-0.25, -0.2) is 4.79 Å². The Morgan fingerprint density at radius 1 is 1.24 bits per heavy atom. The summed E-state index contributed by atoms with van der Waals surface area (Å²) >= 11 is 0. The van der Waals surface area contributed by atoms with Crippen LogP contribution < -0.4 is 15.5 Å². The molecule has 33 heavy (non-hydrogen) atoms. The first kappa shape index (κ1) is 25.4. The number of carbonyl (C=O) groups excluding carboxylic acids is 2. The predicted molar refractivity (Wildman–Crippen MR) is 127 cm³/mol. The van der Waals surface area contributed by atoms with E-state index in [0.29, 0.717) is 38.3 Å². The van der Waals surface area contributed by atoms with Crippen molar-refractivity contribution in [2.24, 2.45) is 0 Å². The van der Waals surface area contributed by atoms with Gasteiger partial charge in [0.15, 0.2) is 0 Å². The molecule has 1 unspecified atom stereocenters. The van der Waals surface area contributed by atoms with Gasteiger partial charge in [-0.15, -0.1) is 0 Å². The molecule has 2 aliphatic rings. The molecule has 2 heterocycles. The maximum Gasteiger partial charge on any atom is 0.494 e. The highest BCUT2D eigenvalue weighted by atomic mass is 16.7. The lowest BCUT2D eigenvalue weighted by atomic mass is 9.78. The van der Waals surface area contributed by atoms with Crippen molar-refractivity contribution in [3.8, 4) is 5.75 Å². The van der Waals surface area contributed by atoms with Crippen LogP contribution in [0.1, 0.15) is 65.9 Å². The summed E-state index contributed by atoms with van der Waals surface area (Å²) in [6.45, 7) is 11.2. The number of hydrogen-bond donors (Lipinski definition) is 1. The normalized spacial score (nSPS) is 21.1. The molecule has 3 rings (SSSR count). The van der Waals surface area contributed by atoms with Crippen LogP contribution in [-0.4, -0.2) is 61.5 Å². The van der Waals surface area contributed by atoms with Gasteiger partial charge in [0.25, 0.3) is 0 Å². The number of benzene rings is 1. The van der Waals surface area contributed by atoms with E-state index in [1.165, 1.54) is 0 Å². The van der Waals surface area contributed by atoms with Crippen molar-refractivity contribution in [1.82, 2.24) is 10.2 Å². The predicted octanol–water partition coefficient (Wildman–Crippen LogP) is 3.01. The Balaban J connectivity index is 1.77. The molecule has 2 saturated heterocycles. The van der Waals surface area contributed by atoms with Gasteiger partial charge in [-0.05, 0) is 52.1 Å². The highest BCUT2D eigenvalue weighted by Crippen LogP contribution is 2.36. The molecule has 2 amide bonds. The molecule has 1 aromatic carbocycles. The van der Waals surface area contributed by atoms with Crippen LogP contribution in [0.4, 0.5) is 4.79 Å². The molecule has 1 atom stereocenters. The van der Waals surface area contributed by atoms with E-state index in [4.69, 9.17) is 18.8 Å². The van der Waals surface area contributed by atoms with Crippen LogP contribution >= 0.6 is 0 Å². The molecule has 182 valence electrons. The van der Waals surface area contributed by atoms with Crippen LogP contribution in [0, 0.1) is 0 Å². The third-order valence-electron chi connectivity index (χ3n) is 6.71. The molecule has 0 aromatic heterocycles. The largest absolute Gasteiger partial charge is 0.496 e. The third kappa shape index (κ3) is 6.01. The Hall–Kier alpha value is -2.26. The van der Waals surface area contributed by atoms with Gasteiger partial charge >= 0.3 is 13.2 Å². The Bertz CT molecular complexity index is 843. The standard InChI is InChI=1S/C24H37BN2O6/c1-7-8-13-31-22(29)27(16-19-11-12-21(28)26-19)15-17-9-10-18(14-20(17)30-6)25-32-23(2,3)24(4,5)33-25/h9-10,14,19H,7-8,11-13,15-16H2,1-6H3,(H,26,28). The first-order valence-electron chi connectivity index (χ1n) is 11.8. The summed E-state index contributed by atoms with van der Waals surface area (Å²) in [6.07, 6.45) is 2.55. The van der Waals surface area contributed by atoms with Crippen LogP contribution in [0.25, 0.3) is 0 Å². The van der Waals surface area contributed by atoms with E-state index in [1.54, 1.807) is 12.0 Å². The molecule has 0 bridgehead atoms. The van der Waals surface area contributed by atoms with Crippen LogP contribution in [0.5, 0.6) is 5.75 Å². The van der Waals surface area contributed by atoms with Crippen molar-refractivity contribution in [2.45, 2.75) is 84.1 Å². The summed E-state index contributed by atoms with van der Waals surface area (Å²) in [5, 5.41) is 2.93. The smallest absolute Gasteiger partial charge is 0.494 e. The second-order valence-electron chi connectivity index (χ2n) is 9.81. The Kier molecular flexibility index (Phi) is 7.95. The SMILES string of the molecule is CCCCOC(=O)N(Cc1ccc(B2OC(C)(C)C(C)(C)O2)cc1OC)CC1CCC(=O)N1. The molecule has 2 fully saturated rings. The molecular formula is C24H37BN2O6. The number of hydrogen-bond acceptors (Lipinski definition) is 6. The molecule has 1 aromatic rings. The summed E-state index contributed by atoms with van der Waals surface area (Å²) in [7, 11) is 1.11. The molecule has 1 N–H and O–H groups in total. The van der Waals surface area contributed by atoms with Crippen LogP contribution in [0.2, 0.25) is 0 Å². The van der Waals surface area contributed by atoms with Gasteiger partial charge in [-0.3, -0.25) is 4.79 Å². The van der Waals surface area contributed by atoms with Crippen molar-refractivity contribution >= 4 is 24.6 Å². The first-order chi connectivity index (χ1) is 15.6. The van der Waals surface area contributed by atoms with Gasteiger partial charge in [-0.1, -0.05) is 25.5 Å². The Morgan fingerprint density at radius 2 is 1.94 bits per heavy atom. The lowest BCUT2D eigenvalue weighted by molar-refractivity contribution is -0.119. The van der Waals surface area contributed by atoms with E-state index in [9.17, 15) is 9.59 Å². The van der Waals surface area contributed by atoms with E-state index in [1.807, 2.05) is 52.8 Å². The number of nitrogens with zero attached hydrogens (tertiary/aromatic N) is 1. The van der Waals surface area contributed by atoms with E-state index in [0.717, 1.165) is 23.9 Å². The maximum absolute atomic E-state index is 12.8. The maximum atomic E-state index is 12.8. The molecule has 0 aliphatic carbocycles. The minimum absolute atomic E-state index is 0.0173. The van der Waals surface area contributed by atoms with Crippen LogP contribution in [0.15, 0.2) is 18.2 Å². The summed E-state index contributed by atoms with van der Waals surface area (Å²) < 4.78 is 23.4. The number of carbonyl (C=O) groups is 2. The van der Waals surface area contributed by atoms with Gasteiger partial charge in [0, 0.05) is 24.6 Å². The zero-order valence-corrected chi connectivity index (χ0v) is 20.7. The fourth-order valence-corrected chi connectivity index (χ4v) is 3.90. The Morgan fingerprint density at radius 3 is 2.52 bits per heavy atom. The third-order valence-corrected chi connectivity index (χ3v) is 6.71. The molecule has 0 spiro atoms. The second-order valence-corrected chi connectivity index (χ2v) is 9.81. The second kappa shape index (κ2) is 10.3. The zero-order chi connectivity index (χ0) is 24.2. The van der Waals surface area contributed by atoms with Crippen molar-refractivity contribution in [2.75, 3.05) is 20.3 Å². The van der Waals surface area contributed by atoms with E-state index < -0.39 is 18.3 Å². The highest BCUT2D eigenvalue weighted by molar-refractivity contribution is 6.62. The molecule has 9 heteroatoms. The zero-order valence-electron chi connectivity index (χ0n) is 20.7. The minimum atomic E-state index is -0.498. The highest BCUT2D eigenvalue weighted by Gasteiger charge is 2.51. The number of unbranched alkanes of at least 4 members (excludes halogenated alkanes) is 1. The van der Waals surface area contributed by atoms with Gasteiger partial charge in [0.2, 0.25) is 5.91 Å². The van der Waals surface area contributed by atoms with Crippen molar-refractivity contribution in [3.05, 3.63) is 23.8 Å². The molecular weight excluding hydrogens is 423 g/mol. The molecule has 8 nitrogen and oxygen atoms in total. The van der Waals surface area contributed by atoms with E-state index >= 15 is 0 Å². The molecule has 0 radical (unpaired) electrons. The van der Waals surface area contributed by atoms with Crippen molar-refractivity contribution < 1.29 is 28.4 Å². The van der Waals surface area contributed by atoms with Gasteiger partial charge in [0.05, 0.1) is 31.5 Å². The van der Waals surface area contributed by atoms with Crippen molar-refractivity contribution in [1.29, 1.82) is 0 Å². The fourth-order valence-electron chi connectivity index (χ4n) is 3.90. The lowest BCUT2D eigenvalue weighted by Crippen LogP contribution is -2.42. The average molecular weight is 460 g/mol. The summed E-state index contributed by atoms with van der Waals surface area (Å²) in [5.74, 6) is 0.660. The minimum Gasteiger partial charge on any atom is -0.496 e. The Labute approximate surface area is 197 Å². The number of rotatable bonds is 9. The average Bonchev–Trinajstić information content (AvgIpc) is 3.26. The topological polar surface area (TPSA) is 86.3 Å². The first-order valence-corrected chi connectivity index (χ1v) is 11.8. The number of ether oxygens (including phenoxy) is 2. The van der Waals surface area contributed by atoms with Gasteiger partial charge < -0.3 is 29.0 Å². The summed E-state index contributed by atoms with van der Waals surface area (Å²) in [5.41, 5.74) is 0.826. The number of nitrogens with one attached hydrogen (secondary N) is 1. The number of amides is 2. The van der Waals surface area contributed by atoms with E-state index in [2.05, 4.69) is 5.32 Å². The molecule has 0 saturated carbocycles. The van der Waals surface area contributed by atoms with Gasteiger partial charge in [0.1, 0.15) is 5.75 Å². The summed E-state index contributed by atoms with van der Waals surface area (Å²) in [6, 6.07) is 5.69. The van der Waals surface area contributed by atoms with Crippen LogP contribution in [0.3, 0.4) is 0 Å². The monoisotopic (exact) mass is 460 g/mol. The molecule has 2 aliphatic heterocycles. The summed E-state index contributed by atoms with van der Waals surface area (Å²) in [4.78, 5) is 26.1. The number of methoxy groups -OCH3 is 1. The quantitative estimate of drug-likeness (QED) is 0.451. The lowest BCUT2D eigenvalue weighted by Gasteiger charge is -2.32. The van der Waals surface area contributed by atoms with Crippen molar-refractivity contribution in [3.63, 3.8) is 0 Å². The fraction of sp³-hybridized carbons (Fsp3) is 0.667.